The third-order valence-electron chi connectivity index (χ3n) is 3.28. The normalized spacial score (nSPS) is 11.4. The molecule has 0 aliphatic heterocycles. The third-order valence-corrected chi connectivity index (χ3v) is 5.01. The maximum Gasteiger partial charge on any atom is 0.240 e. The summed E-state index contributed by atoms with van der Waals surface area (Å²) in [7, 11) is 0.477. The number of rotatable bonds is 6. The molecule has 0 amide bonds. The molecule has 118 valence electrons. The van der Waals surface area contributed by atoms with E-state index in [1.165, 1.54) is 12.1 Å². The molecule has 0 bridgehead atoms. The molecule has 4 nitrogen and oxygen atoms in total. The van der Waals surface area contributed by atoms with Crippen LogP contribution in [-0.4, -0.2) is 29.1 Å². The van der Waals surface area contributed by atoms with Crippen LogP contribution in [0.3, 0.4) is 0 Å². The van der Waals surface area contributed by atoms with Gasteiger partial charge < -0.3 is 4.90 Å². The van der Waals surface area contributed by atoms with Crippen LogP contribution in [0.25, 0.3) is 0 Å². The summed E-state index contributed by atoms with van der Waals surface area (Å²) in [6.45, 7) is 0.353. The molecule has 0 unspecified atom stereocenters. The van der Waals surface area contributed by atoms with Crippen molar-refractivity contribution in [3.05, 3.63) is 59.1 Å². The molecule has 22 heavy (non-hydrogen) atoms. The molecule has 0 saturated heterocycles. The molecular weight excluding hydrogens is 320 g/mol. The molecule has 0 fully saturated rings. The fourth-order valence-corrected chi connectivity index (χ4v) is 3.15. The van der Waals surface area contributed by atoms with Gasteiger partial charge in [0, 0.05) is 31.4 Å². The highest BCUT2D eigenvalue weighted by molar-refractivity contribution is 7.89. The second-order valence-electron chi connectivity index (χ2n) is 5.16. The lowest BCUT2D eigenvalue weighted by molar-refractivity contribution is 0.581. The van der Waals surface area contributed by atoms with Crippen molar-refractivity contribution in [1.82, 2.24) is 4.72 Å². The summed E-state index contributed by atoms with van der Waals surface area (Å²) < 4.78 is 26.8. The van der Waals surface area contributed by atoms with E-state index in [1.54, 1.807) is 12.1 Å². The number of benzene rings is 2. The van der Waals surface area contributed by atoms with Gasteiger partial charge in [-0.2, -0.15) is 0 Å². The maximum atomic E-state index is 12.1. The molecule has 0 aliphatic rings. The highest BCUT2D eigenvalue weighted by Gasteiger charge is 2.12. The molecule has 6 heteroatoms. The average molecular weight is 339 g/mol. The van der Waals surface area contributed by atoms with E-state index in [0.29, 0.717) is 18.0 Å². The van der Waals surface area contributed by atoms with Crippen LogP contribution in [0.5, 0.6) is 0 Å². The van der Waals surface area contributed by atoms with Gasteiger partial charge in [-0.1, -0.05) is 23.7 Å². The van der Waals surface area contributed by atoms with Crippen molar-refractivity contribution in [2.75, 3.05) is 25.5 Å². The quantitative estimate of drug-likeness (QED) is 0.881. The van der Waals surface area contributed by atoms with E-state index in [-0.39, 0.29) is 4.90 Å². The first-order valence-electron chi connectivity index (χ1n) is 6.90. The first-order chi connectivity index (χ1) is 10.4. The molecule has 0 atom stereocenters. The number of hydrogen-bond acceptors (Lipinski definition) is 3. The number of anilines is 1. The molecular formula is C16H19ClN2O2S. The monoisotopic (exact) mass is 338 g/mol. The number of hydrogen-bond donors (Lipinski definition) is 1. The summed E-state index contributed by atoms with van der Waals surface area (Å²) in [5.41, 5.74) is 2.20. The molecule has 0 aliphatic carbocycles. The zero-order chi connectivity index (χ0) is 16.2. The lowest BCUT2D eigenvalue weighted by Crippen LogP contribution is -2.25. The summed E-state index contributed by atoms with van der Waals surface area (Å²) in [5.74, 6) is 0. The van der Waals surface area contributed by atoms with Gasteiger partial charge in [0.05, 0.1) is 4.90 Å². The number of sulfonamides is 1. The Balaban J connectivity index is 1.93. The Hall–Kier alpha value is -1.56. The van der Waals surface area contributed by atoms with Gasteiger partial charge in [-0.25, -0.2) is 13.1 Å². The fraction of sp³-hybridized carbons (Fsp3) is 0.250. The fourth-order valence-electron chi connectivity index (χ4n) is 1.99. The summed E-state index contributed by atoms with van der Waals surface area (Å²) in [6.07, 6.45) is 0.639. The van der Waals surface area contributed by atoms with E-state index in [2.05, 4.69) is 4.72 Å². The van der Waals surface area contributed by atoms with Crippen LogP contribution in [0.15, 0.2) is 53.4 Å². The van der Waals surface area contributed by atoms with Gasteiger partial charge in [-0.15, -0.1) is 0 Å². The van der Waals surface area contributed by atoms with Crippen molar-refractivity contribution in [2.45, 2.75) is 11.3 Å². The molecule has 2 aromatic carbocycles. The molecule has 0 aromatic heterocycles. The van der Waals surface area contributed by atoms with Crippen LogP contribution in [0.1, 0.15) is 5.56 Å². The summed E-state index contributed by atoms with van der Waals surface area (Å²) in [5, 5.41) is 0.514. The summed E-state index contributed by atoms with van der Waals surface area (Å²) >= 11 is 5.76. The first kappa shape index (κ1) is 16.8. The zero-order valence-electron chi connectivity index (χ0n) is 12.6. The van der Waals surface area contributed by atoms with Crippen LogP contribution in [0.4, 0.5) is 5.69 Å². The summed E-state index contributed by atoms with van der Waals surface area (Å²) in [6, 6.07) is 14.2. The highest BCUT2D eigenvalue weighted by atomic mass is 35.5. The minimum absolute atomic E-state index is 0.222. The Labute approximate surface area is 136 Å². The van der Waals surface area contributed by atoms with Crippen molar-refractivity contribution >= 4 is 27.3 Å². The molecule has 2 rings (SSSR count). The van der Waals surface area contributed by atoms with Gasteiger partial charge in [0.1, 0.15) is 0 Å². The van der Waals surface area contributed by atoms with Gasteiger partial charge in [0.2, 0.25) is 10.0 Å². The van der Waals surface area contributed by atoms with E-state index >= 15 is 0 Å². The third kappa shape index (κ3) is 4.47. The van der Waals surface area contributed by atoms with Crippen LogP contribution in [0.2, 0.25) is 5.02 Å². The molecule has 0 spiro atoms. The van der Waals surface area contributed by atoms with Crippen LogP contribution in [-0.2, 0) is 16.4 Å². The van der Waals surface area contributed by atoms with E-state index < -0.39 is 10.0 Å². The molecule has 1 N–H and O–H groups in total. The molecule has 0 radical (unpaired) electrons. The summed E-state index contributed by atoms with van der Waals surface area (Å²) in [4.78, 5) is 2.24. The van der Waals surface area contributed by atoms with Crippen molar-refractivity contribution in [1.29, 1.82) is 0 Å². The minimum atomic E-state index is -3.49. The van der Waals surface area contributed by atoms with Gasteiger partial charge in [0.15, 0.2) is 0 Å². The Morgan fingerprint density at radius 1 is 1.00 bits per heavy atom. The molecule has 0 saturated carbocycles. The highest BCUT2D eigenvalue weighted by Crippen LogP contribution is 2.15. The lowest BCUT2D eigenvalue weighted by Gasteiger charge is -2.12. The van der Waals surface area contributed by atoms with E-state index in [4.69, 9.17) is 11.6 Å². The molecule has 0 heterocycles. The molecule has 2 aromatic rings. The predicted molar refractivity (Wildman–Crippen MR) is 91.1 cm³/mol. The van der Waals surface area contributed by atoms with Gasteiger partial charge in [-0.05, 0) is 48.4 Å². The average Bonchev–Trinajstić information content (AvgIpc) is 2.48. The Morgan fingerprint density at radius 3 is 2.14 bits per heavy atom. The van der Waals surface area contributed by atoms with Crippen molar-refractivity contribution < 1.29 is 8.42 Å². The number of halogens is 1. The smallest absolute Gasteiger partial charge is 0.240 e. The predicted octanol–water partition coefficient (Wildman–Crippen LogP) is 2.93. The Morgan fingerprint density at radius 2 is 1.59 bits per heavy atom. The lowest BCUT2D eigenvalue weighted by atomic mass is 10.1. The van der Waals surface area contributed by atoms with E-state index in [1.807, 2.05) is 43.3 Å². The second-order valence-corrected chi connectivity index (χ2v) is 7.37. The van der Waals surface area contributed by atoms with Crippen molar-refractivity contribution in [3.8, 4) is 0 Å². The van der Waals surface area contributed by atoms with Crippen LogP contribution < -0.4 is 9.62 Å². The van der Waals surface area contributed by atoms with Gasteiger partial charge >= 0.3 is 0 Å². The minimum Gasteiger partial charge on any atom is -0.378 e. The van der Waals surface area contributed by atoms with Crippen molar-refractivity contribution in [3.63, 3.8) is 0 Å². The largest absolute Gasteiger partial charge is 0.378 e. The second kappa shape index (κ2) is 7.13. The van der Waals surface area contributed by atoms with Crippen molar-refractivity contribution in [2.24, 2.45) is 0 Å². The van der Waals surface area contributed by atoms with Crippen LogP contribution >= 0.6 is 11.6 Å². The Kier molecular flexibility index (Phi) is 5.45. The number of nitrogens with one attached hydrogen (secondary N) is 1. The van der Waals surface area contributed by atoms with E-state index in [9.17, 15) is 8.42 Å². The van der Waals surface area contributed by atoms with E-state index in [0.717, 1.165) is 11.3 Å². The number of nitrogens with zero attached hydrogens (tertiary/aromatic N) is 1. The standard InChI is InChI=1S/C16H19ClN2O2S/c1-19(2)15-7-3-13(4-8-15)11-12-18-22(20,21)16-9-5-14(17)6-10-16/h3-10,18H,11-12H2,1-2H3. The first-order valence-corrected chi connectivity index (χ1v) is 8.76. The zero-order valence-corrected chi connectivity index (χ0v) is 14.2. The maximum absolute atomic E-state index is 12.1. The van der Waals surface area contributed by atoms with Gasteiger partial charge in [0.25, 0.3) is 0 Å². The topological polar surface area (TPSA) is 49.4 Å². The van der Waals surface area contributed by atoms with Gasteiger partial charge in [-0.3, -0.25) is 0 Å². The van der Waals surface area contributed by atoms with Crippen LogP contribution in [0, 0.1) is 0 Å². The SMILES string of the molecule is CN(C)c1ccc(CCNS(=O)(=O)c2ccc(Cl)cc2)cc1. The Bertz CT molecular complexity index is 711.